The van der Waals surface area contributed by atoms with E-state index in [1.807, 2.05) is 29.8 Å². The monoisotopic (exact) mass is 287 g/mol. The SMILES string of the molecule is C[C@H](Cc1ccc2c(c1)CCO2)NC(=O)c1ccsc1. The molecule has 1 aromatic heterocycles. The number of ether oxygens (including phenoxy) is 1. The molecule has 3 nitrogen and oxygen atoms in total. The van der Waals surface area contributed by atoms with Crippen LogP contribution >= 0.6 is 11.3 Å². The van der Waals surface area contributed by atoms with Crippen molar-refractivity contribution in [2.45, 2.75) is 25.8 Å². The van der Waals surface area contributed by atoms with Crippen LogP contribution in [0.15, 0.2) is 35.0 Å². The third kappa shape index (κ3) is 2.85. The molecule has 104 valence electrons. The largest absolute Gasteiger partial charge is 0.493 e. The van der Waals surface area contributed by atoms with Gasteiger partial charge in [-0.2, -0.15) is 11.3 Å². The highest BCUT2D eigenvalue weighted by molar-refractivity contribution is 7.08. The Morgan fingerprint density at radius 1 is 1.45 bits per heavy atom. The Bertz CT molecular complexity index is 607. The summed E-state index contributed by atoms with van der Waals surface area (Å²) in [7, 11) is 0. The molecule has 1 aromatic carbocycles. The highest BCUT2D eigenvalue weighted by atomic mass is 32.1. The number of rotatable bonds is 4. The molecule has 2 heterocycles. The van der Waals surface area contributed by atoms with Crippen LogP contribution in [0.5, 0.6) is 5.75 Å². The molecule has 0 radical (unpaired) electrons. The van der Waals surface area contributed by atoms with Crippen LogP contribution in [0.25, 0.3) is 0 Å². The Morgan fingerprint density at radius 2 is 2.35 bits per heavy atom. The Hall–Kier alpha value is -1.81. The molecule has 0 aliphatic carbocycles. The van der Waals surface area contributed by atoms with Crippen molar-refractivity contribution in [3.05, 3.63) is 51.7 Å². The van der Waals surface area contributed by atoms with Crippen molar-refractivity contribution in [1.82, 2.24) is 5.32 Å². The fourth-order valence-electron chi connectivity index (χ4n) is 2.47. The van der Waals surface area contributed by atoms with E-state index in [-0.39, 0.29) is 11.9 Å². The molecule has 1 atom stereocenters. The van der Waals surface area contributed by atoms with Gasteiger partial charge in [-0.1, -0.05) is 12.1 Å². The fourth-order valence-corrected chi connectivity index (χ4v) is 3.11. The minimum atomic E-state index is 0.00300. The lowest BCUT2D eigenvalue weighted by Gasteiger charge is -2.14. The lowest BCUT2D eigenvalue weighted by molar-refractivity contribution is 0.0940. The molecule has 0 fully saturated rings. The highest BCUT2D eigenvalue weighted by Gasteiger charge is 2.14. The summed E-state index contributed by atoms with van der Waals surface area (Å²) in [6.45, 7) is 2.82. The van der Waals surface area contributed by atoms with Gasteiger partial charge in [0.05, 0.1) is 6.61 Å². The second-order valence-corrected chi connectivity index (χ2v) is 5.91. The molecule has 2 aromatic rings. The maximum Gasteiger partial charge on any atom is 0.252 e. The molecule has 1 aliphatic rings. The van der Waals surface area contributed by atoms with E-state index in [9.17, 15) is 4.79 Å². The Balaban J connectivity index is 1.61. The molecule has 0 saturated heterocycles. The van der Waals surface area contributed by atoms with E-state index < -0.39 is 0 Å². The van der Waals surface area contributed by atoms with E-state index in [0.717, 1.165) is 30.8 Å². The van der Waals surface area contributed by atoms with Crippen LogP contribution in [-0.2, 0) is 12.8 Å². The summed E-state index contributed by atoms with van der Waals surface area (Å²) in [5, 5.41) is 6.82. The molecule has 20 heavy (non-hydrogen) atoms. The van der Waals surface area contributed by atoms with Crippen LogP contribution in [0.3, 0.4) is 0 Å². The fraction of sp³-hybridized carbons (Fsp3) is 0.312. The first-order valence-corrected chi connectivity index (χ1v) is 7.74. The van der Waals surface area contributed by atoms with Gasteiger partial charge in [0, 0.05) is 23.4 Å². The van der Waals surface area contributed by atoms with Crippen LogP contribution in [-0.4, -0.2) is 18.6 Å². The second kappa shape index (κ2) is 5.67. The topological polar surface area (TPSA) is 38.3 Å². The number of amides is 1. The van der Waals surface area contributed by atoms with Crippen LogP contribution in [0.2, 0.25) is 0 Å². The summed E-state index contributed by atoms with van der Waals surface area (Å²) in [6, 6.07) is 8.26. The molecule has 0 unspecified atom stereocenters. The van der Waals surface area contributed by atoms with Gasteiger partial charge in [0.25, 0.3) is 5.91 Å². The normalized spacial score (nSPS) is 14.4. The van der Waals surface area contributed by atoms with Crippen LogP contribution in [0, 0.1) is 0 Å². The molecule has 0 spiro atoms. The predicted octanol–water partition coefficient (Wildman–Crippen LogP) is 3.04. The van der Waals surface area contributed by atoms with Crippen molar-refractivity contribution in [3.63, 3.8) is 0 Å². The Morgan fingerprint density at radius 3 is 3.15 bits per heavy atom. The first-order chi connectivity index (χ1) is 9.72. The van der Waals surface area contributed by atoms with E-state index in [0.29, 0.717) is 0 Å². The standard InChI is InChI=1S/C16H17NO2S/c1-11(17-16(18)14-5-7-20-10-14)8-12-2-3-15-13(9-12)4-6-19-15/h2-3,5,7,9-11H,4,6,8H2,1H3,(H,17,18)/t11-/m1/s1. The number of fused-ring (bicyclic) bond motifs is 1. The number of carbonyl (C=O) groups is 1. The van der Waals surface area contributed by atoms with E-state index in [1.54, 1.807) is 0 Å². The summed E-state index contributed by atoms with van der Waals surface area (Å²) in [6.07, 6.45) is 1.82. The lowest BCUT2D eigenvalue weighted by Crippen LogP contribution is -2.33. The molecule has 3 rings (SSSR count). The summed E-state index contributed by atoms with van der Waals surface area (Å²) < 4.78 is 5.50. The number of hydrogen-bond acceptors (Lipinski definition) is 3. The lowest BCUT2D eigenvalue weighted by atomic mass is 10.0. The highest BCUT2D eigenvalue weighted by Crippen LogP contribution is 2.26. The molecular formula is C16H17NO2S. The summed E-state index contributed by atoms with van der Waals surface area (Å²) >= 11 is 1.54. The van der Waals surface area contributed by atoms with E-state index in [2.05, 4.69) is 17.4 Å². The summed E-state index contributed by atoms with van der Waals surface area (Å²) in [5.74, 6) is 1.01. The second-order valence-electron chi connectivity index (χ2n) is 5.13. The first kappa shape index (κ1) is 13.2. The van der Waals surface area contributed by atoms with Gasteiger partial charge in [0.1, 0.15) is 5.75 Å². The maximum atomic E-state index is 12.0. The first-order valence-electron chi connectivity index (χ1n) is 6.80. The number of hydrogen-bond donors (Lipinski definition) is 1. The van der Waals surface area contributed by atoms with Crippen molar-refractivity contribution in [2.24, 2.45) is 0 Å². The van der Waals surface area contributed by atoms with Crippen LogP contribution < -0.4 is 10.1 Å². The average molecular weight is 287 g/mol. The zero-order valence-electron chi connectivity index (χ0n) is 11.4. The molecule has 4 heteroatoms. The average Bonchev–Trinajstić information content (AvgIpc) is 3.09. The molecule has 0 saturated carbocycles. The predicted molar refractivity (Wildman–Crippen MR) is 80.6 cm³/mol. The number of nitrogens with one attached hydrogen (secondary N) is 1. The Labute approximate surface area is 122 Å². The van der Waals surface area contributed by atoms with Crippen molar-refractivity contribution < 1.29 is 9.53 Å². The van der Waals surface area contributed by atoms with E-state index in [1.165, 1.54) is 22.5 Å². The molecule has 1 amide bonds. The van der Waals surface area contributed by atoms with Gasteiger partial charge in [0.15, 0.2) is 0 Å². The van der Waals surface area contributed by atoms with Crippen molar-refractivity contribution in [2.75, 3.05) is 6.61 Å². The molecule has 1 N–H and O–H groups in total. The smallest absolute Gasteiger partial charge is 0.252 e. The minimum absolute atomic E-state index is 0.00300. The van der Waals surface area contributed by atoms with Gasteiger partial charge in [-0.05, 0) is 42.0 Å². The van der Waals surface area contributed by atoms with Gasteiger partial charge in [-0.3, -0.25) is 4.79 Å². The molecule has 1 aliphatic heterocycles. The van der Waals surface area contributed by atoms with E-state index >= 15 is 0 Å². The van der Waals surface area contributed by atoms with Gasteiger partial charge in [-0.25, -0.2) is 0 Å². The third-order valence-corrected chi connectivity index (χ3v) is 4.14. The number of carbonyl (C=O) groups excluding carboxylic acids is 1. The zero-order chi connectivity index (χ0) is 13.9. The van der Waals surface area contributed by atoms with Gasteiger partial charge in [0.2, 0.25) is 0 Å². The number of benzene rings is 1. The maximum absolute atomic E-state index is 12.0. The number of thiophene rings is 1. The van der Waals surface area contributed by atoms with Crippen LogP contribution in [0.1, 0.15) is 28.4 Å². The van der Waals surface area contributed by atoms with E-state index in [4.69, 9.17) is 4.74 Å². The quantitative estimate of drug-likeness (QED) is 0.938. The minimum Gasteiger partial charge on any atom is -0.493 e. The zero-order valence-corrected chi connectivity index (χ0v) is 12.2. The van der Waals surface area contributed by atoms with Gasteiger partial charge >= 0.3 is 0 Å². The van der Waals surface area contributed by atoms with Crippen molar-refractivity contribution in [3.8, 4) is 5.75 Å². The van der Waals surface area contributed by atoms with Crippen LogP contribution in [0.4, 0.5) is 0 Å². The summed E-state index contributed by atoms with van der Waals surface area (Å²) in [5.41, 5.74) is 3.26. The molecule has 0 bridgehead atoms. The third-order valence-electron chi connectivity index (χ3n) is 3.46. The molecular weight excluding hydrogens is 270 g/mol. The Kier molecular flexibility index (Phi) is 3.74. The van der Waals surface area contributed by atoms with Crippen molar-refractivity contribution in [1.29, 1.82) is 0 Å². The van der Waals surface area contributed by atoms with Gasteiger partial charge in [-0.15, -0.1) is 0 Å². The van der Waals surface area contributed by atoms with Gasteiger partial charge < -0.3 is 10.1 Å². The summed E-state index contributed by atoms with van der Waals surface area (Å²) in [4.78, 5) is 12.0. The van der Waals surface area contributed by atoms with Crippen molar-refractivity contribution >= 4 is 17.2 Å².